The third-order valence-electron chi connectivity index (χ3n) is 4.54. The zero-order valence-corrected chi connectivity index (χ0v) is 12.1. The molecule has 3 rings (SSSR count). The maximum atomic E-state index is 12.8. The van der Waals surface area contributed by atoms with E-state index in [9.17, 15) is 4.79 Å². The van der Waals surface area contributed by atoms with Crippen LogP contribution >= 0.6 is 0 Å². The van der Waals surface area contributed by atoms with E-state index < -0.39 is 6.10 Å². The Balaban J connectivity index is 1.84. The van der Waals surface area contributed by atoms with Gasteiger partial charge in [-0.3, -0.25) is 4.79 Å². The molecule has 3 atom stereocenters. The topological polar surface area (TPSA) is 41.6 Å². The molecule has 1 fully saturated rings. The fourth-order valence-electron chi connectivity index (χ4n) is 3.12. The van der Waals surface area contributed by atoms with Crippen LogP contribution in [0.1, 0.15) is 31.1 Å². The Morgan fingerprint density at radius 2 is 2.15 bits per heavy atom. The van der Waals surface area contributed by atoms with E-state index in [1.165, 1.54) is 5.56 Å². The molecule has 3 unspecified atom stereocenters. The number of hydrogen-bond donors (Lipinski definition) is 1. The fraction of sp³-hybridized carbons (Fsp3) is 0.562. The van der Waals surface area contributed by atoms with Gasteiger partial charge in [0.05, 0.1) is 6.61 Å². The number of piperazine rings is 1. The van der Waals surface area contributed by atoms with Crippen molar-refractivity contribution in [1.82, 2.24) is 10.2 Å². The lowest BCUT2D eigenvalue weighted by atomic mass is 9.95. The molecule has 0 aromatic heterocycles. The number of rotatable bonds is 1. The van der Waals surface area contributed by atoms with Crippen molar-refractivity contribution >= 4 is 5.91 Å². The summed E-state index contributed by atoms with van der Waals surface area (Å²) in [6.07, 6.45) is 0.473. The molecule has 0 bridgehead atoms. The first kappa shape index (κ1) is 13.6. The molecule has 4 heteroatoms. The SMILES string of the molecule is CC1NCCN(C(=O)C2OCCc3ccccc32)C1C. The summed E-state index contributed by atoms with van der Waals surface area (Å²) < 4.78 is 5.79. The Morgan fingerprint density at radius 1 is 1.35 bits per heavy atom. The zero-order valence-electron chi connectivity index (χ0n) is 12.1. The van der Waals surface area contributed by atoms with Crippen LogP contribution in [0.4, 0.5) is 0 Å². The molecule has 0 radical (unpaired) electrons. The molecule has 1 N–H and O–H groups in total. The number of fused-ring (bicyclic) bond motifs is 1. The van der Waals surface area contributed by atoms with Crippen LogP contribution in [-0.2, 0) is 16.0 Å². The van der Waals surface area contributed by atoms with Gasteiger partial charge in [0.2, 0.25) is 0 Å². The molecule has 4 nitrogen and oxygen atoms in total. The Morgan fingerprint density at radius 3 is 3.00 bits per heavy atom. The molecule has 20 heavy (non-hydrogen) atoms. The number of nitrogens with zero attached hydrogens (tertiary/aromatic N) is 1. The number of benzene rings is 1. The summed E-state index contributed by atoms with van der Waals surface area (Å²) >= 11 is 0. The second-order valence-corrected chi connectivity index (χ2v) is 5.71. The number of carbonyl (C=O) groups is 1. The van der Waals surface area contributed by atoms with E-state index in [0.717, 1.165) is 25.1 Å². The Bertz CT molecular complexity index is 503. The molecule has 108 valence electrons. The summed E-state index contributed by atoms with van der Waals surface area (Å²) in [7, 11) is 0. The summed E-state index contributed by atoms with van der Waals surface area (Å²) in [5.74, 6) is 0.109. The highest BCUT2D eigenvalue weighted by Crippen LogP contribution is 2.29. The van der Waals surface area contributed by atoms with E-state index >= 15 is 0 Å². The van der Waals surface area contributed by atoms with E-state index in [4.69, 9.17) is 4.74 Å². The lowest BCUT2D eigenvalue weighted by molar-refractivity contribution is -0.149. The van der Waals surface area contributed by atoms with Crippen LogP contribution in [0.15, 0.2) is 24.3 Å². The average molecular weight is 274 g/mol. The van der Waals surface area contributed by atoms with Gasteiger partial charge in [-0.05, 0) is 31.4 Å². The van der Waals surface area contributed by atoms with E-state index in [1.807, 2.05) is 23.1 Å². The van der Waals surface area contributed by atoms with Crippen molar-refractivity contribution in [2.75, 3.05) is 19.7 Å². The predicted octanol–water partition coefficient (Wildman–Crippen LogP) is 1.51. The van der Waals surface area contributed by atoms with E-state index in [1.54, 1.807) is 0 Å². The third-order valence-corrected chi connectivity index (χ3v) is 4.54. The Labute approximate surface area is 120 Å². The van der Waals surface area contributed by atoms with E-state index in [2.05, 4.69) is 25.2 Å². The van der Waals surface area contributed by atoms with Crippen LogP contribution in [0, 0.1) is 0 Å². The van der Waals surface area contributed by atoms with Gasteiger partial charge in [-0.2, -0.15) is 0 Å². The molecule has 1 aromatic carbocycles. The van der Waals surface area contributed by atoms with Gasteiger partial charge >= 0.3 is 0 Å². The van der Waals surface area contributed by atoms with Crippen molar-refractivity contribution < 1.29 is 9.53 Å². The van der Waals surface area contributed by atoms with Gasteiger partial charge in [0.15, 0.2) is 6.10 Å². The first-order valence-electron chi connectivity index (χ1n) is 7.42. The first-order chi connectivity index (χ1) is 9.68. The smallest absolute Gasteiger partial charge is 0.256 e. The summed E-state index contributed by atoms with van der Waals surface area (Å²) in [5, 5.41) is 3.40. The first-order valence-corrected chi connectivity index (χ1v) is 7.42. The largest absolute Gasteiger partial charge is 0.363 e. The van der Waals surface area contributed by atoms with Crippen molar-refractivity contribution in [2.24, 2.45) is 0 Å². The number of amides is 1. The second-order valence-electron chi connectivity index (χ2n) is 5.71. The van der Waals surface area contributed by atoms with Crippen LogP contribution in [0.25, 0.3) is 0 Å². The predicted molar refractivity (Wildman–Crippen MR) is 77.5 cm³/mol. The van der Waals surface area contributed by atoms with Gasteiger partial charge in [-0.25, -0.2) is 0 Å². The third kappa shape index (κ3) is 2.34. The van der Waals surface area contributed by atoms with Crippen molar-refractivity contribution in [3.05, 3.63) is 35.4 Å². The number of hydrogen-bond acceptors (Lipinski definition) is 3. The van der Waals surface area contributed by atoms with Crippen molar-refractivity contribution in [2.45, 2.75) is 38.5 Å². The molecule has 0 spiro atoms. The van der Waals surface area contributed by atoms with Gasteiger partial charge in [0.1, 0.15) is 0 Å². The van der Waals surface area contributed by atoms with Gasteiger partial charge < -0.3 is 15.0 Å². The van der Waals surface area contributed by atoms with Crippen LogP contribution < -0.4 is 5.32 Å². The lowest BCUT2D eigenvalue weighted by Gasteiger charge is -2.41. The summed E-state index contributed by atoms with van der Waals surface area (Å²) in [6, 6.07) is 8.66. The highest BCUT2D eigenvalue weighted by molar-refractivity contribution is 5.83. The Kier molecular flexibility index (Phi) is 3.76. The summed E-state index contributed by atoms with van der Waals surface area (Å²) in [4.78, 5) is 14.8. The highest BCUT2D eigenvalue weighted by atomic mass is 16.5. The normalized spacial score (nSPS) is 29.9. The van der Waals surface area contributed by atoms with Crippen molar-refractivity contribution in [3.8, 4) is 0 Å². The molecule has 0 aliphatic carbocycles. The minimum atomic E-state index is -0.423. The van der Waals surface area contributed by atoms with Crippen molar-refractivity contribution in [1.29, 1.82) is 0 Å². The number of nitrogens with one attached hydrogen (secondary N) is 1. The fourth-order valence-corrected chi connectivity index (χ4v) is 3.12. The molecule has 2 aliphatic rings. The van der Waals surface area contributed by atoms with Gasteiger partial charge in [0.25, 0.3) is 5.91 Å². The van der Waals surface area contributed by atoms with Crippen LogP contribution in [0.3, 0.4) is 0 Å². The van der Waals surface area contributed by atoms with Gasteiger partial charge in [0, 0.05) is 25.2 Å². The average Bonchev–Trinajstić information content (AvgIpc) is 2.49. The molecule has 1 aromatic rings. The second kappa shape index (κ2) is 5.54. The number of carbonyl (C=O) groups excluding carboxylic acids is 1. The van der Waals surface area contributed by atoms with Crippen LogP contribution in [0.2, 0.25) is 0 Å². The molecule has 0 saturated carbocycles. The molecule has 2 aliphatic heterocycles. The molecule has 1 saturated heterocycles. The standard InChI is InChI=1S/C16H22N2O2/c1-11-12(2)18(9-8-17-11)16(19)15-14-6-4-3-5-13(14)7-10-20-15/h3-6,11-12,15,17H,7-10H2,1-2H3. The lowest BCUT2D eigenvalue weighted by Crippen LogP contribution is -2.58. The number of ether oxygens (including phenoxy) is 1. The van der Waals surface area contributed by atoms with Crippen molar-refractivity contribution in [3.63, 3.8) is 0 Å². The van der Waals surface area contributed by atoms with Gasteiger partial charge in [-0.15, -0.1) is 0 Å². The summed E-state index contributed by atoms with van der Waals surface area (Å²) in [5.41, 5.74) is 2.29. The molecule has 1 amide bonds. The Hall–Kier alpha value is -1.39. The maximum absolute atomic E-state index is 12.8. The minimum Gasteiger partial charge on any atom is -0.363 e. The van der Waals surface area contributed by atoms with Crippen LogP contribution in [-0.4, -0.2) is 42.6 Å². The van der Waals surface area contributed by atoms with E-state index in [0.29, 0.717) is 12.6 Å². The minimum absolute atomic E-state index is 0.109. The summed E-state index contributed by atoms with van der Waals surface area (Å²) in [6.45, 7) is 6.46. The maximum Gasteiger partial charge on any atom is 0.256 e. The van der Waals surface area contributed by atoms with Gasteiger partial charge in [-0.1, -0.05) is 24.3 Å². The van der Waals surface area contributed by atoms with Crippen LogP contribution in [0.5, 0.6) is 0 Å². The molecular formula is C16H22N2O2. The highest BCUT2D eigenvalue weighted by Gasteiger charge is 2.35. The monoisotopic (exact) mass is 274 g/mol. The zero-order chi connectivity index (χ0) is 14.1. The quantitative estimate of drug-likeness (QED) is 0.844. The molecule has 2 heterocycles. The molecular weight excluding hydrogens is 252 g/mol. The van der Waals surface area contributed by atoms with E-state index in [-0.39, 0.29) is 11.9 Å².